The van der Waals surface area contributed by atoms with Crippen molar-refractivity contribution in [1.82, 2.24) is 10.3 Å². The van der Waals surface area contributed by atoms with E-state index in [1.807, 2.05) is 0 Å². The highest BCUT2D eigenvalue weighted by molar-refractivity contribution is 5.85. The predicted octanol–water partition coefficient (Wildman–Crippen LogP) is 3.91. The lowest BCUT2D eigenvalue weighted by molar-refractivity contribution is 0.495. The molecule has 1 atom stereocenters. The van der Waals surface area contributed by atoms with Gasteiger partial charge in [-0.05, 0) is 43.5 Å². The molecule has 1 aromatic heterocycles. The molecule has 0 amide bonds. The molecule has 0 saturated heterocycles. The van der Waals surface area contributed by atoms with Gasteiger partial charge < -0.3 is 10.3 Å². The standard InChI is InChI=1S/C19H20N2/c1-13-6-8-14(9-7-13)12-18-19-16(10-11-20-18)15-4-2-3-5-17(15)21-19/h2-9,18,20-21H,10-12H2,1H3. The molecule has 0 fully saturated rings. The van der Waals surface area contributed by atoms with Crippen LogP contribution < -0.4 is 5.32 Å². The zero-order valence-corrected chi connectivity index (χ0v) is 12.3. The average Bonchev–Trinajstić information content (AvgIpc) is 2.89. The van der Waals surface area contributed by atoms with Gasteiger partial charge >= 0.3 is 0 Å². The fourth-order valence-electron chi connectivity index (χ4n) is 3.40. The van der Waals surface area contributed by atoms with Crippen molar-refractivity contribution in [3.8, 4) is 0 Å². The third-order valence-electron chi connectivity index (χ3n) is 4.52. The van der Waals surface area contributed by atoms with Crippen molar-refractivity contribution < 1.29 is 0 Å². The first-order valence-electron chi connectivity index (χ1n) is 7.69. The van der Waals surface area contributed by atoms with Crippen LogP contribution in [0.2, 0.25) is 0 Å². The lowest BCUT2D eigenvalue weighted by atomic mass is 9.94. The van der Waals surface area contributed by atoms with Crippen molar-refractivity contribution in [1.29, 1.82) is 0 Å². The maximum absolute atomic E-state index is 3.67. The number of aromatic amines is 1. The molecule has 3 aromatic rings. The van der Waals surface area contributed by atoms with Crippen LogP contribution in [0.1, 0.15) is 28.4 Å². The highest BCUT2D eigenvalue weighted by Crippen LogP contribution is 2.31. The molecule has 1 aliphatic heterocycles. The van der Waals surface area contributed by atoms with Crippen molar-refractivity contribution in [2.24, 2.45) is 0 Å². The Morgan fingerprint density at radius 2 is 1.86 bits per heavy atom. The zero-order valence-electron chi connectivity index (χ0n) is 12.3. The summed E-state index contributed by atoms with van der Waals surface area (Å²) in [4.78, 5) is 3.64. The van der Waals surface area contributed by atoms with Gasteiger partial charge in [-0.15, -0.1) is 0 Å². The quantitative estimate of drug-likeness (QED) is 0.730. The number of rotatable bonds is 2. The Morgan fingerprint density at radius 1 is 1.05 bits per heavy atom. The van der Waals surface area contributed by atoms with E-state index in [1.165, 1.54) is 33.3 Å². The van der Waals surface area contributed by atoms with Crippen LogP contribution in [0.5, 0.6) is 0 Å². The SMILES string of the molecule is Cc1ccc(CC2NCCc3c2[nH]c2ccccc32)cc1. The van der Waals surface area contributed by atoms with Crippen molar-refractivity contribution in [3.05, 3.63) is 70.9 Å². The van der Waals surface area contributed by atoms with Crippen LogP contribution in [0.25, 0.3) is 10.9 Å². The number of fused-ring (bicyclic) bond motifs is 3. The van der Waals surface area contributed by atoms with Gasteiger partial charge in [-0.25, -0.2) is 0 Å². The second-order valence-corrected chi connectivity index (χ2v) is 6.01. The zero-order chi connectivity index (χ0) is 14.2. The number of H-pyrrole nitrogens is 1. The summed E-state index contributed by atoms with van der Waals surface area (Å²) in [5.41, 5.74) is 6.86. The highest BCUT2D eigenvalue weighted by atomic mass is 15.0. The average molecular weight is 276 g/mol. The van der Waals surface area contributed by atoms with Gasteiger partial charge in [0.25, 0.3) is 0 Å². The van der Waals surface area contributed by atoms with E-state index in [0.717, 1.165) is 19.4 Å². The Kier molecular flexibility index (Phi) is 3.04. The molecular weight excluding hydrogens is 256 g/mol. The minimum atomic E-state index is 0.392. The Balaban J connectivity index is 1.71. The summed E-state index contributed by atoms with van der Waals surface area (Å²) >= 11 is 0. The van der Waals surface area contributed by atoms with Crippen LogP contribution in [0.3, 0.4) is 0 Å². The predicted molar refractivity (Wildman–Crippen MR) is 87.6 cm³/mol. The van der Waals surface area contributed by atoms with Crippen molar-refractivity contribution in [2.75, 3.05) is 6.54 Å². The molecule has 0 spiro atoms. The van der Waals surface area contributed by atoms with Crippen LogP contribution in [-0.4, -0.2) is 11.5 Å². The van der Waals surface area contributed by atoms with Gasteiger partial charge in [0.1, 0.15) is 0 Å². The van der Waals surface area contributed by atoms with E-state index in [4.69, 9.17) is 0 Å². The summed E-state index contributed by atoms with van der Waals surface area (Å²) in [6, 6.07) is 17.9. The monoisotopic (exact) mass is 276 g/mol. The lowest BCUT2D eigenvalue weighted by Crippen LogP contribution is -2.31. The topological polar surface area (TPSA) is 27.8 Å². The number of aromatic nitrogens is 1. The first kappa shape index (κ1) is 12.7. The third kappa shape index (κ3) is 2.26. The van der Waals surface area contributed by atoms with Crippen molar-refractivity contribution in [3.63, 3.8) is 0 Å². The number of benzene rings is 2. The third-order valence-corrected chi connectivity index (χ3v) is 4.52. The molecule has 2 nitrogen and oxygen atoms in total. The Labute approximate surface area is 125 Å². The minimum absolute atomic E-state index is 0.392. The van der Waals surface area contributed by atoms with E-state index >= 15 is 0 Å². The number of hydrogen-bond acceptors (Lipinski definition) is 1. The van der Waals surface area contributed by atoms with Crippen LogP contribution in [0.4, 0.5) is 0 Å². The molecule has 106 valence electrons. The second-order valence-electron chi connectivity index (χ2n) is 6.01. The Bertz CT molecular complexity index is 768. The van der Waals surface area contributed by atoms with Gasteiger partial charge in [0.2, 0.25) is 0 Å². The summed E-state index contributed by atoms with van der Waals surface area (Å²) in [5.74, 6) is 0. The molecule has 0 radical (unpaired) electrons. The number of para-hydroxylation sites is 1. The summed E-state index contributed by atoms with van der Waals surface area (Å²) in [6.45, 7) is 3.20. The molecule has 1 unspecified atom stereocenters. The molecule has 2 aromatic carbocycles. The van der Waals surface area contributed by atoms with Gasteiger partial charge in [-0.2, -0.15) is 0 Å². The van der Waals surface area contributed by atoms with Crippen LogP contribution in [-0.2, 0) is 12.8 Å². The molecule has 4 rings (SSSR count). The van der Waals surface area contributed by atoms with Crippen molar-refractivity contribution in [2.45, 2.75) is 25.8 Å². The number of nitrogens with one attached hydrogen (secondary N) is 2. The molecule has 1 aliphatic rings. The normalized spacial score (nSPS) is 17.9. The first-order valence-corrected chi connectivity index (χ1v) is 7.69. The molecule has 2 heterocycles. The molecule has 2 heteroatoms. The molecule has 21 heavy (non-hydrogen) atoms. The van der Waals surface area contributed by atoms with Crippen LogP contribution in [0, 0.1) is 6.92 Å². The maximum Gasteiger partial charge on any atom is 0.0517 e. The molecule has 0 bridgehead atoms. The molecule has 2 N–H and O–H groups in total. The van der Waals surface area contributed by atoms with Crippen LogP contribution >= 0.6 is 0 Å². The smallest absolute Gasteiger partial charge is 0.0517 e. The maximum atomic E-state index is 3.67. The summed E-state index contributed by atoms with van der Waals surface area (Å²) in [5, 5.41) is 5.06. The summed E-state index contributed by atoms with van der Waals surface area (Å²) in [7, 11) is 0. The highest BCUT2D eigenvalue weighted by Gasteiger charge is 2.23. The number of aryl methyl sites for hydroxylation is 1. The van der Waals surface area contributed by atoms with Gasteiger partial charge in [-0.3, -0.25) is 0 Å². The Morgan fingerprint density at radius 3 is 2.71 bits per heavy atom. The number of hydrogen-bond donors (Lipinski definition) is 2. The van der Waals surface area contributed by atoms with E-state index < -0.39 is 0 Å². The van der Waals surface area contributed by atoms with Gasteiger partial charge in [0.05, 0.1) is 6.04 Å². The summed E-state index contributed by atoms with van der Waals surface area (Å²) < 4.78 is 0. The summed E-state index contributed by atoms with van der Waals surface area (Å²) in [6.07, 6.45) is 2.16. The van der Waals surface area contributed by atoms with Gasteiger partial charge in [-0.1, -0.05) is 48.0 Å². The largest absolute Gasteiger partial charge is 0.357 e. The Hall–Kier alpha value is -2.06. The first-order chi connectivity index (χ1) is 10.3. The lowest BCUT2D eigenvalue weighted by Gasteiger charge is -2.24. The van der Waals surface area contributed by atoms with E-state index in [2.05, 4.69) is 65.8 Å². The van der Waals surface area contributed by atoms with Crippen molar-refractivity contribution >= 4 is 10.9 Å². The van der Waals surface area contributed by atoms with E-state index in [9.17, 15) is 0 Å². The minimum Gasteiger partial charge on any atom is -0.357 e. The van der Waals surface area contributed by atoms with E-state index in [-0.39, 0.29) is 0 Å². The van der Waals surface area contributed by atoms with E-state index in [0.29, 0.717) is 6.04 Å². The fraction of sp³-hybridized carbons (Fsp3) is 0.263. The van der Waals surface area contributed by atoms with Gasteiger partial charge in [0, 0.05) is 16.6 Å². The van der Waals surface area contributed by atoms with Crippen LogP contribution in [0.15, 0.2) is 48.5 Å². The fourth-order valence-corrected chi connectivity index (χ4v) is 3.40. The second kappa shape index (κ2) is 5.05. The van der Waals surface area contributed by atoms with Gasteiger partial charge in [0.15, 0.2) is 0 Å². The molecule has 0 saturated carbocycles. The molecular formula is C19H20N2. The van der Waals surface area contributed by atoms with E-state index in [1.54, 1.807) is 0 Å². The molecule has 0 aliphatic carbocycles.